The largest absolute Gasteiger partial charge is 0.369 e. The Morgan fingerprint density at radius 3 is 2.71 bits per heavy atom. The van der Waals surface area contributed by atoms with Crippen molar-refractivity contribution in [1.29, 1.82) is 5.26 Å². The van der Waals surface area contributed by atoms with E-state index in [4.69, 9.17) is 5.26 Å². The van der Waals surface area contributed by atoms with Crippen molar-refractivity contribution >= 4 is 5.82 Å². The fourth-order valence-electron chi connectivity index (χ4n) is 2.60. The number of nitrogens with one attached hydrogen (secondary N) is 1. The second-order valence-electron chi connectivity index (χ2n) is 5.11. The zero-order valence-electron chi connectivity index (χ0n) is 10.9. The van der Waals surface area contributed by atoms with Crippen molar-refractivity contribution in [2.75, 3.05) is 11.9 Å². The van der Waals surface area contributed by atoms with Crippen molar-refractivity contribution in [2.45, 2.75) is 39.5 Å². The maximum absolute atomic E-state index is 9.13. The van der Waals surface area contributed by atoms with Gasteiger partial charge in [0.25, 0.3) is 0 Å². The quantitative estimate of drug-likeness (QED) is 0.868. The topological polar surface area (TPSA) is 53.6 Å². The van der Waals surface area contributed by atoms with Crippen LogP contribution in [0.2, 0.25) is 0 Å². The lowest BCUT2D eigenvalue weighted by molar-refractivity contribution is 0.144. The molecule has 1 aromatic heterocycles. The van der Waals surface area contributed by atoms with Crippen LogP contribution >= 0.6 is 0 Å². The van der Waals surface area contributed by atoms with Crippen LogP contribution in [0, 0.1) is 23.7 Å². The van der Waals surface area contributed by atoms with Gasteiger partial charge >= 0.3 is 0 Å². The SMILES string of the molecule is CCC1(CNc2c(C#N)c(C)nn2C)CCC1. The van der Waals surface area contributed by atoms with E-state index in [-0.39, 0.29) is 0 Å². The highest BCUT2D eigenvalue weighted by Gasteiger charge is 2.35. The van der Waals surface area contributed by atoms with Gasteiger partial charge in [0.15, 0.2) is 0 Å². The molecule has 1 N–H and O–H groups in total. The molecule has 1 aromatic rings. The molecule has 1 heterocycles. The van der Waals surface area contributed by atoms with Crippen LogP contribution in [0.5, 0.6) is 0 Å². The maximum atomic E-state index is 9.13. The van der Waals surface area contributed by atoms with Crippen LogP contribution in [-0.2, 0) is 7.05 Å². The average Bonchev–Trinajstić information content (AvgIpc) is 2.52. The standard InChI is InChI=1S/C13H20N4/c1-4-13(6-5-7-13)9-15-12-11(8-14)10(2)16-17(12)3/h15H,4-7,9H2,1-3H3. The van der Waals surface area contributed by atoms with E-state index < -0.39 is 0 Å². The summed E-state index contributed by atoms with van der Waals surface area (Å²) in [4.78, 5) is 0. The van der Waals surface area contributed by atoms with Gasteiger partial charge in [0.2, 0.25) is 0 Å². The van der Waals surface area contributed by atoms with Gasteiger partial charge in [-0.05, 0) is 31.6 Å². The first-order valence-corrected chi connectivity index (χ1v) is 6.29. The molecule has 0 amide bonds. The molecule has 0 aliphatic heterocycles. The average molecular weight is 232 g/mol. The lowest BCUT2D eigenvalue weighted by Gasteiger charge is -2.41. The number of rotatable bonds is 4. The summed E-state index contributed by atoms with van der Waals surface area (Å²) in [5.74, 6) is 0.865. The molecule has 0 radical (unpaired) electrons. The van der Waals surface area contributed by atoms with Crippen molar-refractivity contribution in [3.63, 3.8) is 0 Å². The Labute approximate surface area is 103 Å². The van der Waals surface area contributed by atoms with Crippen molar-refractivity contribution in [3.05, 3.63) is 11.3 Å². The third-order valence-electron chi connectivity index (χ3n) is 4.13. The predicted octanol–water partition coefficient (Wildman–Crippen LogP) is 2.59. The molecule has 0 atom stereocenters. The summed E-state index contributed by atoms with van der Waals surface area (Å²) in [6.45, 7) is 5.08. The lowest BCUT2D eigenvalue weighted by atomic mass is 9.67. The number of aryl methyl sites for hydroxylation is 2. The molecule has 0 aromatic carbocycles. The van der Waals surface area contributed by atoms with Crippen molar-refractivity contribution in [2.24, 2.45) is 12.5 Å². The molecule has 1 aliphatic carbocycles. The van der Waals surface area contributed by atoms with Gasteiger partial charge in [-0.2, -0.15) is 10.4 Å². The number of hydrogen-bond donors (Lipinski definition) is 1. The molecule has 1 aliphatic rings. The third kappa shape index (κ3) is 2.02. The summed E-state index contributed by atoms with van der Waals surface area (Å²) in [5, 5.41) is 16.8. The number of aromatic nitrogens is 2. The fourth-order valence-corrected chi connectivity index (χ4v) is 2.60. The van der Waals surface area contributed by atoms with Gasteiger partial charge in [0, 0.05) is 13.6 Å². The second kappa shape index (κ2) is 4.40. The van der Waals surface area contributed by atoms with Crippen molar-refractivity contribution in [3.8, 4) is 6.07 Å². The van der Waals surface area contributed by atoms with Crippen molar-refractivity contribution < 1.29 is 0 Å². The van der Waals surface area contributed by atoms with E-state index in [1.807, 2.05) is 14.0 Å². The van der Waals surface area contributed by atoms with Gasteiger partial charge < -0.3 is 5.32 Å². The molecule has 4 heteroatoms. The Hall–Kier alpha value is -1.50. The first-order chi connectivity index (χ1) is 8.12. The highest BCUT2D eigenvalue weighted by molar-refractivity contribution is 5.55. The molecule has 17 heavy (non-hydrogen) atoms. The van der Waals surface area contributed by atoms with Crippen LogP contribution in [0.25, 0.3) is 0 Å². The van der Waals surface area contributed by atoms with E-state index >= 15 is 0 Å². The molecule has 1 fully saturated rings. The summed E-state index contributed by atoms with van der Waals surface area (Å²) < 4.78 is 1.77. The fraction of sp³-hybridized carbons (Fsp3) is 0.692. The van der Waals surface area contributed by atoms with Crippen LogP contribution in [0.4, 0.5) is 5.82 Å². The summed E-state index contributed by atoms with van der Waals surface area (Å²) in [5.41, 5.74) is 1.93. The van der Waals surface area contributed by atoms with Crippen molar-refractivity contribution in [1.82, 2.24) is 9.78 Å². The number of nitriles is 1. The Balaban J connectivity index is 2.11. The van der Waals surface area contributed by atoms with Crippen LogP contribution in [0.15, 0.2) is 0 Å². The summed E-state index contributed by atoms with van der Waals surface area (Å²) in [6, 6.07) is 2.23. The number of hydrogen-bond acceptors (Lipinski definition) is 3. The Morgan fingerprint density at radius 2 is 2.24 bits per heavy atom. The molecule has 0 unspecified atom stereocenters. The Kier molecular flexibility index (Phi) is 3.10. The van der Waals surface area contributed by atoms with Gasteiger partial charge in [-0.15, -0.1) is 0 Å². The van der Waals surface area contributed by atoms with E-state index in [1.54, 1.807) is 4.68 Å². The van der Waals surface area contributed by atoms with E-state index in [1.165, 1.54) is 25.7 Å². The zero-order chi connectivity index (χ0) is 12.5. The third-order valence-corrected chi connectivity index (χ3v) is 4.13. The normalized spacial score (nSPS) is 17.3. The zero-order valence-corrected chi connectivity index (χ0v) is 10.9. The molecular weight excluding hydrogens is 212 g/mol. The molecule has 0 spiro atoms. The van der Waals surface area contributed by atoms with Gasteiger partial charge in [-0.3, -0.25) is 4.68 Å². The summed E-state index contributed by atoms with van der Waals surface area (Å²) >= 11 is 0. The van der Waals surface area contributed by atoms with Gasteiger partial charge in [-0.1, -0.05) is 13.3 Å². The van der Waals surface area contributed by atoms with Crippen LogP contribution < -0.4 is 5.32 Å². The highest BCUT2D eigenvalue weighted by Crippen LogP contribution is 2.43. The first kappa shape index (κ1) is 12.0. The lowest BCUT2D eigenvalue weighted by Crippen LogP contribution is -2.36. The molecule has 4 nitrogen and oxygen atoms in total. The van der Waals surface area contributed by atoms with Crippen LogP contribution in [0.1, 0.15) is 43.9 Å². The maximum Gasteiger partial charge on any atom is 0.142 e. The van der Waals surface area contributed by atoms with E-state index in [0.29, 0.717) is 11.0 Å². The molecule has 1 saturated carbocycles. The van der Waals surface area contributed by atoms with E-state index in [9.17, 15) is 0 Å². The second-order valence-corrected chi connectivity index (χ2v) is 5.11. The minimum atomic E-state index is 0.449. The van der Waals surface area contributed by atoms with E-state index in [0.717, 1.165) is 18.1 Å². The number of anilines is 1. The first-order valence-electron chi connectivity index (χ1n) is 6.29. The van der Waals surface area contributed by atoms with Gasteiger partial charge in [-0.25, -0.2) is 0 Å². The molecule has 0 bridgehead atoms. The summed E-state index contributed by atoms with van der Waals surface area (Å²) in [6.07, 6.45) is 5.15. The van der Waals surface area contributed by atoms with E-state index in [2.05, 4.69) is 23.4 Å². The van der Waals surface area contributed by atoms with Crippen LogP contribution in [-0.4, -0.2) is 16.3 Å². The molecular formula is C13H20N4. The minimum absolute atomic E-state index is 0.449. The molecule has 2 rings (SSSR count). The summed E-state index contributed by atoms with van der Waals surface area (Å²) in [7, 11) is 1.88. The smallest absolute Gasteiger partial charge is 0.142 e. The van der Waals surface area contributed by atoms with Gasteiger partial charge in [0.1, 0.15) is 17.5 Å². The minimum Gasteiger partial charge on any atom is -0.369 e. The molecule has 92 valence electrons. The number of nitrogens with zero attached hydrogens (tertiary/aromatic N) is 3. The molecule has 0 saturated heterocycles. The van der Waals surface area contributed by atoms with Crippen LogP contribution in [0.3, 0.4) is 0 Å². The Bertz CT molecular complexity index is 443. The monoisotopic (exact) mass is 232 g/mol. The van der Waals surface area contributed by atoms with Gasteiger partial charge in [0.05, 0.1) is 5.69 Å². The Morgan fingerprint density at radius 1 is 1.53 bits per heavy atom. The predicted molar refractivity (Wildman–Crippen MR) is 67.7 cm³/mol. The highest BCUT2D eigenvalue weighted by atomic mass is 15.3.